The van der Waals surface area contributed by atoms with Crippen LogP contribution >= 0.6 is 0 Å². The third kappa shape index (κ3) is 9.29. The summed E-state index contributed by atoms with van der Waals surface area (Å²) in [5.74, 6) is -1.01. The first-order chi connectivity index (χ1) is 8.63. The van der Waals surface area contributed by atoms with Crippen LogP contribution in [0.15, 0.2) is 0 Å². The molecule has 0 radical (unpaired) electrons. The third-order valence-corrected chi connectivity index (χ3v) is 3.37. The SMILES string of the molecule is CC(C)N(CCCC(=O)O)C(=O)NCCS(C)(=O)=O. The van der Waals surface area contributed by atoms with Gasteiger partial charge in [-0.1, -0.05) is 0 Å². The summed E-state index contributed by atoms with van der Waals surface area (Å²) in [6.45, 7) is 4.02. The maximum absolute atomic E-state index is 11.8. The molecule has 0 unspecified atom stereocenters. The lowest BCUT2D eigenvalue weighted by atomic mass is 10.2. The van der Waals surface area contributed by atoms with E-state index in [-0.39, 0.29) is 30.8 Å². The maximum Gasteiger partial charge on any atom is 0.317 e. The standard InChI is InChI=1S/C11H22N2O5S/c1-9(2)13(7-4-5-10(14)15)11(16)12-6-8-19(3,17)18/h9H,4-8H2,1-3H3,(H,12,16)(H,14,15). The molecule has 0 rings (SSSR count). The molecule has 0 saturated heterocycles. The average Bonchev–Trinajstić information content (AvgIpc) is 2.21. The van der Waals surface area contributed by atoms with E-state index in [1.807, 2.05) is 13.8 Å². The Morgan fingerprint density at radius 1 is 1.32 bits per heavy atom. The zero-order chi connectivity index (χ0) is 15.1. The number of hydrogen-bond acceptors (Lipinski definition) is 4. The topological polar surface area (TPSA) is 104 Å². The van der Waals surface area contributed by atoms with Crippen molar-refractivity contribution in [3.8, 4) is 0 Å². The second-order valence-corrected chi connectivity index (χ2v) is 6.91. The van der Waals surface area contributed by atoms with Crippen molar-refractivity contribution in [2.24, 2.45) is 0 Å². The van der Waals surface area contributed by atoms with Crippen LogP contribution in [0.5, 0.6) is 0 Å². The van der Waals surface area contributed by atoms with E-state index in [0.717, 1.165) is 6.26 Å². The van der Waals surface area contributed by atoms with Gasteiger partial charge in [0.2, 0.25) is 0 Å². The normalized spacial score (nSPS) is 11.4. The van der Waals surface area contributed by atoms with E-state index in [9.17, 15) is 18.0 Å². The van der Waals surface area contributed by atoms with Crippen molar-refractivity contribution >= 4 is 21.8 Å². The van der Waals surface area contributed by atoms with Gasteiger partial charge in [0.15, 0.2) is 0 Å². The number of carbonyl (C=O) groups is 2. The predicted molar refractivity (Wildman–Crippen MR) is 71.8 cm³/mol. The van der Waals surface area contributed by atoms with Crippen molar-refractivity contribution in [1.29, 1.82) is 0 Å². The van der Waals surface area contributed by atoms with Gasteiger partial charge in [-0.25, -0.2) is 13.2 Å². The minimum absolute atomic E-state index is 0.000159. The van der Waals surface area contributed by atoms with Crippen LogP contribution in [0.25, 0.3) is 0 Å². The van der Waals surface area contributed by atoms with Crippen molar-refractivity contribution in [2.45, 2.75) is 32.7 Å². The van der Waals surface area contributed by atoms with E-state index in [1.165, 1.54) is 4.90 Å². The Kier molecular flexibility index (Phi) is 7.43. The molecule has 0 heterocycles. The molecule has 0 aliphatic carbocycles. The molecule has 0 spiro atoms. The highest BCUT2D eigenvalue weighted by Gasteiger charge is 2.17. The third-order valence-electron chi connectivity index (χ3n) is 2.42. The van der Waals surface area contributed by atoms with Crippen LogP contribution in [-0.2, 0) is 14.6 Å². The van der Waals surface area contributed by atoms with E-state index in [1.54, 1.807) is 0 Å². The second-order valence-electron chi connectivity index (χ2n) is 4.65. The summed E-state index contributed by atoms with van der Waals surface area (Å²) in [5, 5.41) is 11.1. The van der Waals surface area contributed by atoms with Gasteiger partial charge in [0, 0.05) is 31.8 Å². The molecule has 8 heteroatoms. The quantitative estimate of drug-likeness (QED) is 0.671. The summed E-state index contributed by atoms with van der Waals surface area (Å²) < 4.78 is 21.9. The highest BCUT2D eigenvalue weighted by atomic mass is 32.2. The number of aliphatic carboxylic acids is 1. The number of amides is 2. The zero-order valence-corrected chi connectivity index (χ0v) is 12.4. The van der Waals surface area contributed by atoms with Crippen LogP contribution in [-0.4, -0.2) is 61.6 Å². The highest BCUT2D eigenvalue weighted by Crippen LogP contribution is 2.02. The molecule has 0 atom stereocenters. The van der Waals surface area contributed by atoms with Crippen LogP contribution in [0.3, 0.4) is 0 Å². The molecular weight excluding hydrogens is 272 g/mol. The number of rotatable bonds is 8. The van der Waals surface area contributed by atoms with E-state index in [0.29, 0.717) is 13.0 Å². The lowest BCUT2D eigenvalue weighted by Crippen LogP contribution is -2.45. The Hall–Kier alpha value is -1.31. The van der Waals surface area contributed by atoms with Gasteiger partial charge < -0.3 is 15.3 Å². The number of sulfone groups is 1. The predicted octanol–water partition coefficient (Wildman–Crippen LogP) is 0.316. The number of carboxylic acid groups (broad SMARTS) is 1. The van der Waals surface area contributed by atoms with E-state index in [2.05, 4.69) is 5.32 Å². The van der Waals surface area contributed by atoms with E-state index < -0.39 is 15.8 Å². The first kappa shape index (κ1) is 17.7. The summed E-state index contributed by atoms with van der Waals surface area (Å²) in [7, 11) is -3.10. The van der Waals surface area contributed by atoms with Crippen LogP contribution in [0, 0.1) is 0 Å². The molecule has 0 fully saturated rings. The van der Waals surface area contributed by atoms with Crippen molar-refractivity contribution in [3.63, 3.8) is 0 Å². The first-order valence-electron chi connectivity index (χ1n) is 6.07. The van der Waals surface area contributed by atoms with Crippen LogP contribution < -0.4 is 5.32 Å². The summed E-state index contributed by atoms with van der Waals surface area (Å²) >= 11 is 0. The van der Waals surface area contributed by atoms with E-state index >= 15 is 0 Å². The van der Waals surface area contributed by atoms with Gasteiger partial charge in [0.25, 0.3) is 0 Å². The molecule has 0 aromatic heterocycles. The maximum atomic E-state index is 11.8. The number of carbonyl (C=O) groups excluding carboxylic acids is 1. The van der Waals surface area contributed by atoms with Gasteiger partial charge in [0.05, 0.1) is 5.75 Å². The molecule has 2 N–H and O–H groups in total. The Bertz CT molecular complexity index is 405. The molecule has 19 heavy (non-hydrogen) atoms. The highest BCUT2D eigenvalue weighted by molar-refractivity contribution is 7.90. The van der Waals surface area contributed by atoms with Crippen LogP contribution in [0.4, 0.5) is 4.79 Å². The molecule has 0 aromatic rings. The number of hydrogen-bond donors (Lipinski definition) is 2. The molecule has 2 amide bonds. The fraction of sp³-hybridized carbons (Fsp3) is 0.818. The molecule has 0 bridgehead atoms. The van der Waals surface area contributed by atoms with Gasteiger partial charge in [-0.05, 0) is 20.3 Å². The Morgan fingerprint density at radius 3 is 2.32 bits per heavy atom. The molecule has 112 valence electrons. The van der Waals surface area contributed by atoms with Crippen molar-refractivity contribution in [2.75, 3.05) is 25.1 Å². The fourth-order valence-electron chi connectivity index (χ4n) is 1.44. The smallest absolute Gasteiger partial charge is 0.317 e. The van der Waals surface area contributed by atoms with Gasteiger partial charge in [-0.15, -0.1) is 0 Å². The molecule has 0 aromatic carbocycles. The lowest BCUT2D eigenvalue weighted by molar-refractivity contribution is -0.137. The molecule has 0 aliphatic heterocycles. The summed E-state index contributed by atoms with van der Waals surface area (Å²) in [4.78, 5) is 23.7. The van der Waals surface area contributed by atoms with Gasteiger partial charge in [0.1, 0.15) is 9.84 Å². The van der Waals surface area contributed by atoms with Crippen LogP contribution in [0.1, 0.15) is 26.7 Å². The molecule has 0 aliphatic rings. The van der Waals surface area contributed by atoms with E-state index in [4.69, 9.17) is 5.11 Å². The van der Waals surface area contributed by atoms with Crippen LogP contribution in [0.2, 0.25) is 0 Å². The fourth-order valence-corrected chi connectivity index (χ4v) is 1.91. The minimum Gasteiger partial charge on any atom is -0.481 e. The van der Waals surface area contributed by atoms with Crippen molar-refractivity contribution in [3.05, 3.63) is 0 Å². The van der Waals surface area contributed by atoms with Gasteiger partial charge in [-0.3, -0.25) is 4.79 Å². The summed E-state index contributed by atoms with van der Waals surface area (Å²) in [5.41, 5.74) is 0. The molecule has 7 nitrogen and oxygen atoms in total. The lowest BCUT2D eigenvalue weighted by Gasteiger charge is -2.26. The monoisotopic (exact) mass is 294 g/mol. The Morgan fingerprint density at radius 2 is 1.89 bits per heavy atom. The largest absolute Gasteiger partial charge is 0.481 e. The Balaban J connectivity index is 4.22. The zero-order valence-electron chi connectivity index (χ0n) is 11.5. The first-order valence-corrected chi connectivity index (χ1v) is 8.13. The number of nitrogens with zero attached hydrogens (tertiary/aromatic N) is 1. The number of nitrogens with one attached hydrogen (secondary N) is 1. The Labute approximate surface area is 113 Å². The minimum atomic E-state index is -3.10. The van der Waals surface area contributed by atoms with Crippen molar-refractivity contribution < 1.29 is 23.1 Å². The summed E-state index contributed by atoms with van der Waals surface area (Å²) in [6.07, 6.45) is 1.47. The number of carboxylic acids is 1. The van der Waals surface area contributed by atoms with Gasteiger partial charge >= 0.3 is 12.0 Å². The molecular formula is C11H22N2O5S. The average molecular weight is 294 g/mol. The number of urea groups is 1. The molecule has 0 saturated carbocycles. The second kappa shape index (κ2) is 7.98. The van der Waals surface area contributed by atoms with Crippen molar-refractivity contribution in [1.82, 2.24) is 10.2 Å². The van der Waals surface area contributed by atoms with Gasteiger partial charge in [-0.2, -0.15) is 0 Å². The summed E-state index contributed by atoms with van der Waals surface area (Å²) in [6, 6.07) is -0.448.